The topological polar surface area (TPSA) is 210 Å². The molecule has 1 fully saturated rings. The Hall–Kier alpha value is -1.93. The number of phosphoric ester groups is 1. The molecule has 6 unspecified atom stereocenters. The molecule has 8 atom stereocenters. The molecule has 0 heterocycles. The zero-order valence-corrected chi connectivity index (χ0v) is 37.2. The second-order valence-electron chi connectivity index (χ2n) is 15.9. The zero-order valence-electron chi connectivity index (χ0n) is 36.3. The Morgan fingerprint density at radius 2 is 0.915 bits per heavy atom. The summed E-state index contributed by atoms with van der Waals surface area (Å²) >= 11 is 0. The quantitative estimate of drug-likeness (QED) is 0.0150. The van der Waals surface area contributed by atoms with Crippen LogP contribution in [0.15, 0.2) is 36.5 Å². The first kappa shape index (κ1) is 55.1. The van der Waals surface area contributed by atoms with Crippen molar-refractivity contribution in [3.8, 4) is 0 Å². The zero-order chi connectivity index (χ0) is 43.6. The molecule has 1 rings (SSSR count). The standard InChI is InChI=1S/C45H81O13P/c1-3-5-7-9-11-13-15-17-19-21-23-25-27-29-31-33-38(46)55-35-37(36-56-59(53,54)58-45-43(51)41(49)40(48)42(50)44(45)52)57-39(47)34-32-30-28-26-24-22-20-18-16-14-12-10-8-6-4-2/h12,14,18,20,24,26,37,40-45,48-52H,3-11,13,15-17,19,21-23,25,27-36H2,1-2H3,(H,53,54)/b14-12+,20-18+,26-24+/t37-,40?,41-,42?,43?,44?,45?/m1/s1. The number of unbranched alkanes of at least 4 members (excludes halogenated alkanes) is 19. The predicted molar refractivity (Wildman–Crippen MR) is 230 cm³/mol. The Morgan fingerprint density at radius 3 is 1.42 bits per heavy atom. The molecule has 1 aliphatic rings. The fourth-order valence-electron chi connectivity index (χ4n) is 6.76. The van der Waals surface area contributed by atoms with E-state index in [0.717, 1.165) is 51.4 Å². The Bertz CT molecular complexity index is 1180. The van der Waals surface area contributed by atoms with Gasteiger partial charge in [0.2, 0.25) is 0 Å². The third kappa shape index (κ3) is 28.3. The summed E-state index contributed by atoms with van der Waals surface area (Å²) in [6.07, 6.45) is 26.3. The van der Waals surface area contributed by atoms with E-state index in [0.29, 0.717) is 12.8 Å². The van der Waals surface area contributed by atoms with Crippen LogP contribution >= 0.6 is 7.82 Å². The van der Waals surface area contributed by atoms with Gasteiger partial charge in [-0.2, -0.15) is 0 Å². The minimum Gasteiger partial charge on any atom is -0.462 e. The van der Waals surface area contributed by atoms with Crippen LogP contribution in [0.5, 0.6) is 0 Å². The van der Waals surface area contributed by atoms with Gasteiger partial charge in [-0.25, -0.2) is 4.57 Å². The van der Waals surface area contributed by atoms with E-state index in [1.165, 1.54) is 89.9 Å². The number of carbonyl (C=O) groups excluding carboxylic acids is 2. The van der Waals surface area contributed by atoms with E-state index in [9.17, 15) is 44.6 Å². The first-order valence-corrected chi connectivity index (χ1v) is 24.3. The lowest BCUT2D eigenvalue weighted by Gasteiger charge is -2.41. The number of hydrogen-bond acceptors (Lipinski definition) is 12. The van der Waals surface area contributed by atoms with Gasteiger partial charge >= 0.3 is 19.8 Å². The van der Waals surface area contributed by atoms with E-state index in [1.54, 1.807) is 0 Å². The fraction of sp³-hybridized carbons (Fsp3) is 0.822. The van der Waals surface area contributed by atoms with Crippen molar-refractivity contribution >= 4 is 19.8 Å². The van der Waals surface area contributed by atoms with Crippen LogP contribution in [0.4, 0.5) is 0 Å². The van der Waals surface area contributed by atoms with Gasteiger partial charge in [0.25, 0.3) is 0 Å². The number of aliphatic hydroxyl groups excluding tert-OH is 5. The molecule has 0 aliphatic heterocycles. The maximum atomic E-state index is 12.8. The summed E-state index contributed by atoms with van der Waals surface area (Å²) in [5.41, 5.74) is 0. The Morgan fingerprint density at radius 1 is 0.525 bits per heavy atom. The number of carbonyl (C=O) groups is 2. The maximum absolute atomic E-state index is 12.8. The molecule has 1 aliphatic carbocycles. The molecule has 1 saturated carbocycles. The molecule has 13 nitrogen and oxygen atoms in total. The summed E-state index contributed by atoms with van der Waals surface area (Å²) in [5.74, 6) is -1.14. The summed E-state index contributed by atoms with van der Waals surface area (Å²) in [6.45, 7) is 3.24. The average molecular weight is 861 g/mol. The maximum Gasteiger partial charge on any atom is 0.472 e. The third-order valence-electron chi connectivity index (χ3n) is 10.5. The number of phosphoric acid groups is 1. The molecule has 0 bridgehead atoms. The van der Waals surface area contributed by atoms with Crippen molar-refractivity contribution < 1.29 is 63.1 Å². The van der Waals surface area contributed by atoms with Gasteiger partial charge in [-0.05, 0) is 51.4 Å². The van der Waals surface area contributed by atoms with Gasteiger partial charge < -0.3 is 39.9 Å². The third-order valence-corrected chi connectivity index (χ3v) is 11.5. The van der Waals surface area contributed by atoms with Crippen LogP contribution in [0.25, 0.3) is 0 Å². The minimum absolute atomic E-state index is 0.0494. The monoisotopic (exact) mass is 861 g/mol. The molecule has 0 amide bonds. The number of esters is 2. The van der Waals surface area contributed by atoms with E-state index in [4.69, 9.17) is 18.5 Å². The fourth-order valence-corrected chi connectivity index (χ4v) is 7.74. The van der Waals surface area contributed by atoms with Crippen LogP contribution in [0.1, 0.15) is 181 Å². The van der Waals surface area contributed by atoms with Gasteiger partial charge in [-0.1, -0.05) is 153 Å². The van der Waals surface area contributed by atoms with Gasteiger partial charge in [0.15, 0.2) is 6.10 Å². The molecular weight excluding hydrogens is 779 g/mol. The van der Waals surface area contributed by atoms with Gasteiger partial charge in [0.05, 0.1) is 6.61 Å². The molecule has 0 aromatic heterocycles. The molecule has 0 aromatic carbocycles. The van der Waals surface area contributed by atoms with E-state index in [-0.39, 0.29) is 12.8 Å². The number of allylic oxidation sites excluding steroid dienone is 6. The molecule has 0 spiro atoms. The van der Waals surface area contributed by atoms with E-state index >= 15 is 0 Å². The van der Waals surface area contributed by atoms with Crippen LogP contribution in [0.3, 0.4) is 0 Å². The lowest BCUT2D eigenvalue weighted by molar-refractivity contribution is -0.220. The number of aliphatic hydroxyl groups is 5. The summed E-state index contributed by atoms with van der Waals surface area (Å²) in [4.78, 5) is 35.6. The molecule has 0 saturated heterocycles. The first-order chi connectivity index (χ1) is 28.4. The van der Waals surface area contributed by atoms with Crippen molar-refractivity contribution in [1.82, 2.24) is 0 Å². The second kappa shape index (κ2) is 35.6. The van der Waals surface area contributed by atoms with Crippen molar-refractivity contribution in [2.45, 2.75) is 224 Å². The average Bonchev–Trinajstić information content (AvgIpc) is 3.21. The molecule has 14 heteroatoms. The summed E-state index contributed by atoms with van der Waals surface area (Å²) in [6, 6.07) is 0. The van der Waals surface area contributed by atoms with E-state index in [1.807, 2.05) is 0 Å². The highest BCUT2D eigenvalue weighted by Gasteiger charge is 2.51. The van der Waals surface area contributed by atoms with Crippen LogP contribution in [0.2, 0.25) is 0 Å². The van der Waals surface area contributed by atoms with E-state index in [2.05, 4.69) is 50.3 Å². The lowest BCUT2D eigenvalue weighted by Crippen LogP contribution is -2.64. The molecule has 0 radical (unpaired) electrons. The summed E-state index contributed by atoms with van der Waals surface area (Å²) in [7, 11) is -5.12. The van der Waals surface area contributed by atoms with Gasteiger partial charge in [0.1, 0.15) is 43.2 Å². The first-order valence-electron chi connectivity index (χ1n) is 22.8. The second-order valence-corrected chi connectivity index (χ2v) is 17.3. The molecular formula is C45H81O13P. The Labute approximate surface area is 355 Å². The highest BCUT2D eigenvalue weighted by molar-refractivity contribution is 7.47. The van der Waals surface area contributed by atoms with Crippen molar-refractivity contribution in [2.24, 2.45) is 0 Å². The normalized spacial score (nSPS) is 22.6. The van der Waals surface area contributed by atoms with Crippen LogP contribution in [-0.2, 0) is 32.7 Å². The van der Waals surface area contributed by atoms with Crippen molar-refractivity contribution in [2.75, 3.05) is 13.2 Å². The number of ether oxygens (including phenoxy) is 2. The smallest absolute Gasteiger partial charge is 0.462 e. The summed E-state index contributed by atoms with van der Waals surface area (Å²) < 4.78 is 33.5. The minimum atomic E-state index is -5.12. The Kier molecular flexibility index (Phi) is 33.3. The van der Waals surface area contributed by atoms with E-state index < -0.39 is 75.7 Å². The molecule has 0 aromatic rings. The Balaban J connectivity index is 2.50. The number of rotatable bonds is 37. The van der Waals surface area contributed by atoms with Crippen LogP contribution < -0.4 is 0 Å². The molecule has 59 heavy (non-hydrogen) atoms. The largest absolute Gasteiger partial charge is 0.472 e. The molecule has 6 N–H and O–H groups in total. The highest BCUT2D eigenvalue weighted by atomic mass is 31.2. The molecule has 344 valence electrons. The van der Waals surface area contributed by atoms with Crippen LogP contribution in [0, 0.1) is 0 Å². The van der Waals surface area contributed by atoms with Gasteiger partial charge in [0, 0.05) is 12.8 Å². The van der Waals surface area contributed by atoms with Crippen molar-refractivity contribution in [1.29, 1.82) is 0 Å². The van der Waals surface area contributed by atoms with Gasteiger partial charge in [-0.3, -0.25) is 18.6 Å². The predicted octanol–water partition coefficient (Wildman–Crippen LogP) is 8.61. The van der Waals surface area contributed by atoms with Crippen molar-refractivity contribution in [3.05, 3.63) is 36.5 Å². The summed E-state index contributed by atoms with van der Waals surface area (Å²) in [5, 5.41) is 50.1. The highest BCUT2D eigenvalue weighted by Crippen LogP contribution is 2.47. The SMILES string of the molecule is CCCCC/C=C/C/C=C/C/C=C/CCCCC(=O)O[C@H](COC(=O)CCCCCCCCCCCCCCCCC)COP(=O)(O)OC1C(O)C(O)C(O)[C@@H](O)C1O. The van der Waals surface area contributed by atoms with Crippen molar-refractivity contribution in [3.63, 3.8) is 0 Å². The van der Waals surface area contributed by atoms with Gasteiger partial charge in [-0.15, -0.1) is 0 Å². The van der Waals surface area contributed by atoms with Crippen LogP contribution in [-0.4, -0.2) is 98.3 Å². The lowest BCUT2D eigenvalue weighted by atomic mass is 9.85. The number of hydrogen-bond donors (Lipinski definition) is 6.